The summed E-state index contributed by atoms with van der Waals surface area (Å²) in [5.41, 5.74) is 1.46. The van der Waals surface area contributed by atoms with Gasteiger partial charge in [0.1, 0.15) is 72.0 Å². The number of aliphatic hydroxyl groups excluding tert-OH is 2. The Labute approximate surface area is 811 Å². The van der Waals surface area contributed by atoms with Gasteiger partial charge in [0.25, 0.3) is 0 Å². The van der Waals surface area contributed by atoms with Crippen molar-refractivity contribution in [2.75, 3.05) is 69.6 Å². The summed E-state index contributed by atoms with van der Waals surface area (Å²) < 4.78 is 22.6. The number of carbonyl (C=O) groups excluding carboxylic acids is 15. The van der Waals surface area contributed by atoms with E-state index >= 15 is 0 Å². The molecule has 0 spiro atoms. The number of ketones is 2. The van der Waals surface area contributed by atoms with E-state index in [2.05, 4.69) is 47.9 Å². The van der Waals surface area contributed by atoms with Gasteiger partial charge in [-0.15, -0.1) is 0 Å². The Hall–Kier alpha value is -10.2. The third-order valence-corrected chi connectivity index (χ3v) is 26.1. The van der Waals surface area contributed by atoms with E-state index < -0.39 is 252 Å². The summed E-state index contributed by atoms with van der Waals surface area (Å²) in [5.74, 6) is -14.2. The van der Waals surface area contributed by atoms with Crippen LogP contribution in [-0.4, -0.2) is 313 Å². The second-order valence-corrected chi connectivity index (χ2v) is 40.2. The van der Waals surface area contributed by atoms with Gasteiger partial charge in [-0.05, 0) is 203 Å². The zero-order chi connectivity index (χ0) is 104. The first kappa shape index (κ1) is 119. The summed E-state index contributed by atoms with van der Waals surface area (Å²) >= 11 is 0. The molecule has 6 unspecified atom stereocenters. The molecule has 0 radical (unpaired) electrons. The van der Waals surface area contributed by atoms with Crippen molar-refractivity contribution >= 4 is 94.5 Å². The average Bonchev–Trinajstić information content (AvgIpc) is 1.69. The maximum Gasteiger partial charge on any atom is 0.329 e. The van der Waals surface area contributed by atoms with Crippen molar-refractivity contribution in [1.82, 2.24) is 72.4 Å². The van der Waals surface area contributed by atoms with Crippen molar-refractivity contribution in [1.29, 1.82) is 0 Å². The molecule has 11 amide bonds. The van der Waals surface area contributed by atoms with Crippen LogP contribution in [0.15, 0.2) is 48.5 Å². The fourth-order valence-electron chi connectivity index (χ4n) is 17.2. The molecule has 2 aromatic rings. The molecule has 37 heteroatoms. The van der Waals surface area contributed by atoms with Crippen LogP contribution in [0.4, 0.5) is 0 Å². The van der Waals surface area contributed by atoms with E-state index in [9.17, 15) is 92.0 Å². The molecule has 3 fully saturated rings. The highest BCUT2D eigenvalue weighted by Crippen LogP contribution is 2.29. The predicted octanol–water partition coefficient (Wildman–Crippen LogP) is 5.07. The first-order chi connectivity index (χ1) is 64.1. The number of likely N-dealkylation sites (N-methyl/N-ethyl adjacent to an activating group) is 4. The smallest absolute Gasteiger partial charge is 0.329 e. The number of carboxylic acids is 1. The summed E-state index contributed by atoms with van der Waals surface area (Å²) in [6, 6.07) is -0.970. The van der Waals surface area contributed by atoms with Gasteiger partial charge >= 0.3 is 17.9 Å². The highest BCUT2D eigenvalue weighted by Gasteiger charge is 2.47. The van der Waals surface area contributed by atoms with Gasteiger partial charge in [-0.1, -0.05) is 148 Å². The molecule has 3 aliphatic rings. The molecule has 3 aliphatic heterocycles. The lowest BCUT2D eigenvalue weighted by atomic mass is 9.89. The Morgan fingerprint density at radius 2 is 1.18 bits per heavy atom. The number of amides is 11. The lowest BCUT2D eigenvalue weighted by Crippen LogP contribution is -2.61. The number of rotatable bonds is 42. The number of methoxy groups -OCH3 is 2. The van der Waals surface area contributed by atoms with Crippen LogP contribution < -0.4 is 57.3 Å². The standard InChI is InChI=1S/C50H83N7O12.C50H81N7O11/c1-15-30(8)42(39(58)26-40(59)53-41(29(6)7)44(60)31(9)45(61)52-35(23-27(2)3)48(64)57-22-16-17-37(57)49(65)66)54-47(63)43(55-46(62)38(56(12)13)24-28(4)5)32(10)69-50(67)36(51-11)25-33-18-20-34(68-14)21-19-33;1-15-30(8)42-39(58)26-40(59)52-41(29(6)7)44(60)31(9)45(61)51-35(23-27(2)3)48(64)57-22-16-17-36(57)49(65)56(13)38(25-33-18-20-34(67-14)21-19-33)50(66)68-32(10)43(47(63)53-42)54-46(62)37(55(11)12)24-28(4)5/h18-21,27-32,35-39,41-43,51,58H,15-17,22-26H2,1-14H3,(H,52,61)(H,53,59)(H,54,63)(H,55,62)(H,65,66);18-21,27-32,35-39,41-43,58H,15-17,22-26H2,1-14H3,(H,51,61)(H,52,59)(H,53,63)(H,54,62)/t30-,31-,32+,35-,36-,37+,38+,39?,41-,42+,43?;30-,31-,32+,35?,36?,37+,38-,39?,41-,42+,43?/m00/s1. The third-order valence-electron chi connectivity index (χ3n) is 26.1. The van der Waals surface area contributed by atoms with Crippen LogP contribution in [0, 0.1) is 59.2 Å². The topological polar surface area (TPSA) is 495 Å². The monoisotopic (exact) mass is 1930 g/mol. The zero-order valence-corrected chi connectivity index (χ0v) is 86.3. The van der Waals surface area contributed by atoms with Crippen LogP contribution in [0.2, 0.25) is 0 Å². The highest BCUT2D eigenvalue weighted by molar-refractivity contribution is 6.07. The first-order valence-corrected chi connectivity index (χ1v) is 48.7. The van der Waals surface area contributed by atoms with E-state index in [1.165, 1.54) is 56.6 Å². The fourth-order valence-corrected chi connectivity index (χ4v) is 17.2. The predicted molar refractivity (Wildman–Crippen MR) is 517 cm³/mol. The summed E-state index contributed by atoms with van der Waals surface area (Å²) in [6.07, 6.45) is -2.71. The molecule has 3 heterocycles. The fraction of sp³-hybridized carbons (Fsp3) is 0.720. The van der Waals surface area contributed by atoms with E-state index in [4.69, 9.17) is 18.9 Å². The zero-order valence-electron chi connectivity index (χ0n) is 86.3. The molecule has 22 atom stereocenters. The molecule has 2 aromatic carbocycles. The van der Waals surface area contributed by atoms with Crippen molar-refractivity contribution in [3.63, 3.8) is 0 Å². The van der Waals surface area contributed by atoms with Crippen LogP contribution >= 0.6 is 0 Å². The number of benzene rings is 2. The number of esters is 2. The normalized spacial score (nSPS) is 22.9. The van der Waals surface area contributed by atoms with Crippen LogP contribution in [0.25, 0.3) is 0 Å². The Morgan fingerprint density at radius 3 is 1.68 bits per heavy atom. The molecule has 0 bridgehead atoms. The number of cyclic esters (lactones) is 1. The number of carbonyl (C=O) groups is 16. The Kier molecular flexibility index (Phi) is 49.3. The number of Topliss-reactive ketones (excluding diaryl/α,β-unsaturated/α-hetero) is 2. The minimum Gasteiger partial charge on any atom is -0.497 e. The Bertz CT molecular complexity index is 4320. The van der Waals surface area contributed by atoms with Crippen LogP contribution in [0.3, 0.4) is 0 Å². The third kappa shape index (κ3) is 35.9. The van der Waals surface area contributed by atoms with E-state index in [0.29, 0.717) is 62.0 Å². The number of likely N-dealkylation sites (tertiary alicyclic amines) is 1. The van der Waals surface area contributed by atoms with E-state index in [1.807, 2.05) is 81.4 Å². The number of hydrogen-bond donors (Lipinski definition) is 12. The summed E-state index contributed by atoms with van der Waals surface area (Å²) in [7, 11) is 13.1. The Morgan fingerprint density at radius 1 is 0.620 bits per heavy atom. The number of aliphatic carboxylic acids is 1. The maximum absolute atomic E-state index is 14.7. The van der Waals surface area contributed by atoms with Crippen LogP contribution in [0.1, 0.15) is 227 Å². The van der Waals surface area contributed by atoms with Crippen molar-refractivity contribution < 1.29 is 111 Å². The van der Waals surface area contributed by atoms with E-state index in [-0.39, 0.29) is 68.9 Å². The average molecular weight is 1930 g/mol. The number of ether oxygens (including phenoxy) is 4. The number of nitrogens with one attached hydrogen (secondary N) is 9. The molecule has 5 rings (SSSR count). The van der Waals surface area contributed by atoms with Gasteiger partial charge < -0.3 is 96.8 Å². The SMILES string of the molecule is CC[C@H](C)[C@@H](NC(=O)C(NC(=O)[C@@H](CC(C)C)N(C)C)[C@@H](C)OC(=O)[C@H](Cc1ccc(OC)cc1)NC)C(O)CC(=O)N[C@H](C(=O)[C@H](C)C(=O)N[C@@H](CC(C)C)C(=O)N1CCC[C@@H]1C(=O)O)C(C)C.CC[C@H](C)[C@H]1NC(=O)C(NC(=O)[C@@H](CC(C)C)N(C)C)[C@@H](C)OC(=O)[C@H](Cc2ccc(OC)cc2)N(C)C(=O)C2CCCN2C(=O)C(CC(C)C)NC(=O)[C@@H](C)C(=O)[C@H](C(C)C)NC(=O)CC1O. The van der Waals surface area contributed by atoms with Gasteiger partial charge in [0, 0.05) is 26.6 Å². The lowest BCUT2D eigenvalue weighted by molar-refractivity contribution is -0.162. The maximum atomic E-state index is 14.7. The largest absolute Gasteiger partial charge is 0.497 e. The summed E-state index contributed by atoms with van der Waals surface area (Å²) in [4.78, 5) is 230. The molecule has 0 aromatic heterocycles. The van der Waals surface area contributed by atoms with Crippen molar-refractivity contribution in [3.05, 3.63) is 59.7 Å². The van der Waals surface area contributed by atoms with E-state index in [1.54, 1.807) is 130 Å². The second-order valence-electron chi connectivity index (χ2n) is 40.2. The van der Waals surface area contributed by atoms with Crippen molar-refractivity contribution in [3.8, 4) is 11.5 Å². The molecule has 3 saturated heterocycles. The van der Waals surface area contributed by atoms with Gasteiger partial charge in [0.05, 0.1) is 87.4 Å². The minimum atomic E-state index is -1.52. The van der Waals surface area contributed by atoms with Gasteiger partial charge in [-0.25, -0.2) is 9.59 Å². The van der Waals surface area contributed by atoms with Crippen molar-refractivity contribution in [2.45, 2.75) is 337 Å². The molecule has 0 aliphatic carbocycles. The van der Waals surface area contributed by atoms with Gasteiger partial charge in [0.2, 0.25) is 65.0 Å². The molecule has 772 valence electrons. The molecular weight excluding hydrogens is 1770 g/mol. The quantitative estimate of drug-likeness (QED) is 0.0305. The number of nitrogens with zero attached hydrogens (tertiary/aromatic N) is 5. The van der Waals surface area contributed by atoms with Gasteiger partial charge in [0.15, 0.2) is 11.6 Å². The second kappa shape index (κ2) is 56.7. The number of aliphatic hydroxyl groups is 2. The number of hydrogen-bond acceptors (Lipinski definition) is 25. The molecule has 0 saturated carbocycles. The van der Waals surface area contributed by atoms with Crippen LogP contribution in [-0.2, 0) is 99.0 Å². The first-order valence-electron chi connectivity index (χ1n) is 48.7. The summed E-state index contributed by atoms with van der Waals surface area (Å²) in [6.45, 7) is 35.5. The number of carboxylic acid groups (broad SMARTS) is 1. The van der Waals surface area contributed by atoms with Crippen molar-refractivity contribution in [2.24, 2.45) is 59.2 Å². The van der Waals surface area contributed by atoms with Gasteiger partial charge in [-0.3, -0.25) is 76.9 Å². The van der Waals surface area contributed by atoms with Gasteiger partial charge in [-0.2, -0.15) is 0 Å². The molecule has 137 heavy (non-hydrogen) atoms. The molecule has 37 nitrogen and oxygen atoms in total. The highest BCUT2D eigenvalue weighted by atomic mass is 16.6. The van der Waals surface area contributed by atoms with Crippen LogP contribution in [0.5, 0.6) is 11.5 Å². The lowest BCUT2D eigenvalue weighted by Gasteiger charge is -2.35. The minimum absolute atomic E-state index is 0.0432. The summed E-state index contributed by atoms with van der Waals surface area (Å²) in [5, 5.41) is 58.2. The number of fused-ring (bicyclic) bond motifs is 1. The molecule has 12 N–H and O–H groups in total. The molecular formula is C100H164N14O23. The Balaban J connectivity index is 0.000000572. The van der Waals surface area contributed by atoms with E-state index in [0.717, 1.165) is 5.56 Å².